The molecule has 1 fully saturated rings. The van der Waals surface area contributed by atoms with E-state index >= 15 is 0 Å². The maximum absolute atomic E-state index is 13.4. The Kier molecular flexibility index (Phi) is 8.80. The zero-order valence-corrected chi connectivity index (χ0v) is 21.1. The van der Waals surface area contributed by atoms with Crippen LogP contribution in [0.5, 0.6) is 0 Å². The van der Waals surface area contributed by atoms with E-state index in [0.717, 1.165) is 24.9 Å². The second-order valence-corrected chi connectivity index (χ2v) is 10.0. The number of carbonyl (C=O) groups is 2. The van der Waals surface area contributed by atoms with Crippen molar-refractivity contribution in [2.75, 3.05) is 34.2 Å². The number of halogens is 2. The fourth-order valence-electron chi connectivity index (χ4n) is 4.06. The van der Waals surface area contributed by atoms with Crippen molar-refractivity contribution in [3.63, 3.8) is 0 Å². The molecule has 3 rings (SSSR count). The van der Waals surface area contributed by atoms with E-state index in [2.05, 4.69) is 17.4 Å². The number of nitrogens with one attached hydrogen (secondary N) is 1. The standard InChI is InChI=1S/C26H33Cl2N3O2/c1-30(2)16-17-31(3)24(32)23(11-7-10-19-8-5-4-6-9-19)29-25(33)26(14-15-26)21-13-12-20(27)18-22(21)28/h4-6,8-9,12-13,18,23H,7,10-11,14-17H2,1-3H3,(H,29,33). The van der Waals surface area contributed by atoms with Gasteiger partial charge in [-0.05, 0) is 69.5 Å². The van der Waals surface area contributed by atoms with Gasteiger partial charge in [0.25, 0.3) is 0 Å². The van der Waals surface area contributed by atoms with Crippen LogP contribution in [0.1, 0.15) is 36.8 Å². The van der Waals surface area contributed by atoms with Gasteiger partial charge in [0.15, 0.2) is 0 Å². The van der Waals surface area contributed by atoms with Crippen molar-refractivity contribution >= 4 is 35.0 Å². The summed E-state index contributed by atoms with van der Waals surface area (Å²) in [6, 6.07) is 14.9. The Morgan fingerprint density at radius 3 is 2.33 bits per heavy atom. The van der Waals surface area contributed by atoms with Crippen LogP contribution >= 0.6 is 23.2 Å². The summed E-state index contributed by atoms with van der Waals surface area (Å²) in [7, 11) is 5.75. The quantitative estimate of drug-likeness (QED) is 0.503. The molecule has 33 heavy (non-hydrogen) atoms. The number of likely N-dealkylation sites (N-methyl/N-ethyl adjacent to an activating group) is 2. The average molecular weight is 490 g/mol. The third-order valence-corrected chi connectivity index (χ3v) is 6.84. The van der Waals surface area contributed by atoms with E-state index in [1.54, 1.807) is 24.1 Å². The van der Waals surface area contributed by atoms with Gasteiger partial charge in [-0.25, -0.2) is 0 Å². The number of carbonyl (C=O) groups excluding carboxylic acids is 2. The van der Waals surface area contributed by atoms with Gasteiger partial charge in [0.1, 0.15) is 6.04 Å². The molecule has 2 aromatic carbocycles. The molecule has 1 atom stereocenters. The monoisotopic (exact) mass is 489 g/mol. The molecule has 1 N–H and O–H groups in total. The lowest BCUT2D eigenvalue weighted by molar-refractivity contribution is -0.136. The second-order valence-electron chi connectivity index (χ2n) is 9.17. The van der Waals surface area contributed by atoms with E-state index < -0.39 is 11.5 Å². The minimum Gasteiger partial charge on any atom is -0.344 e. The van der Waals surface area contributed by atoms with Crippen LogP contribution in [0.2, 0.25) is 10.0 Å². The highest BCUT2D eigenvalue weighted by atomic mass is 35.5. The average Bonchev–Trinajstić information content (AvgIpc) is 3.58. The number of hydrogen-bond acceptors (Lipinski definition) is 3. The highest BCUT2D eigenvalue weighted by Crippen LogP contribution is 2.51. The first kappa shape index (κ1) is 25.5. The van der Waals surface area contributed by atoms with Crippen molar-refractivity contribution < 1.29 is 9.59 Å². The third kappa shape index (κ3) is 6.72. The van der Waals surface area contributed by atoms with E-state index in [1.165, 1.54) is 5.56 Å². The summed E-state index contributed by atoms with van der Waals surface area (Å²) < 4.78 is 0. The number of benzene rings is 2. The zero-order valence-electron chi connectivity index (χ0n) is 19.6. The van der Waals surface area contributed by atoms with E-state index in [-0.39, 0.29) is 11.8 Å². The maximum atomic E-state index is 13.4. The Hall–Kier alpha value is -2.08. The van der Waals surface area contributed by atoms with E-state index in [0.29, 0.717) is 35.9 Å². The molecular formula is C26H33Cl2N3O2. The summed E-state index contributed by atoms with van der Waals surface area (Å²) in [5.41, 5.74) is 1.33. The summed E-state index contributed by atoms with van der Waals surface area (Å²) in [4.78, 5) is 30.4. The number of rotatable bonds is 11. The number of hydrogen-bond donors (Lipinski definition) is 1. The molecule has 7 heteroatoms. The van der Waals surface area contributed by atoms with Crippen molar-refractivity contribution in [3.05, 3.63) is 69.7 Å². The van der Waals surface area contributed by atoms with Crippen LogP contribution in [0.15, 0.2) is 48.5 Å². The second kappa shape index (κ2) is 11.4. The lowest BCUT2D eigenvalue weighted by Gasteiger charge is -2.27. The predicted molar refractivity (Wildman–Crippen MR) is 135 cm³/mol. The molecule has 178 valence electrons. The first-order valence-corrected chi connectivity index (χ1v) is 12.2. The first-order valence-electron chi connectivity index (χ1n) is 11.4. The third-order valence-electron chi connectivity index (χ3n) is 6.29. The van der Waals surface area contributed by atoms with Crippen molar-refractivity contribution in [1.82, 2.24) is 15.1 Å². The molecule has 0 bridgehead atoms. The molecule has 5 nitrogen and oxygen atoms in total. The van der Waals surface area contributed by atoms with Gasteiger partial charge in [0.2, 0.25) is 11.8 Å². The van der Waals surface area contributed by atoms with Gasteiger partial charge < -0.3 is 15.1 Å². The molecule has 0 heterocycles. The molecule has 1 aliphatic carbocycles. The summed E-state index contributed by atoms with van der Waals surface area (Å²) in [6.07, 6.45) is 3.66. The topological polar surface area (TPSA) is 52.6 Å². The van der Waals surface area contributed by atoms with E-state index in [1.807, 2.05) is 43.3 Å². The summed E-state index contributed by atoms with van der Waals surface area (Å²) in [5.74, 6) is -0.193. The normalized spacial score (nSPS) is 15.2. The van der Waals surface area contributed by atoms with Crippen LogP contribution in [0, 0.1) is 0 Å². The molecule has 2 amide bonds. The van der Waals surface area contributed by atoms with E-state index in [9.17, 15) is 9.59 Å². The van der Waals surface area contributed by atoms with Gasteiger partial charge in [0, 0.05) is 30.2 Å². The van der Waals surface area contributed by atoms with Crippen LogP contribution in [0.4, 0.5) is 0 Å². The molecule has 1 unspecified atom stereocenters. The highest BCUT2D eigenvalue weighted by molar-refractivity contribution is 6.35. The maximum Gasteiger partial charge on any atom is 0.244 e. The van der Waals surface area contributed by atoms with Gasteiger partial charge in [-0.15, -0.1) is 0 Å². The van der Waals surface area contributed by atoms with Gasteiger partial charge in [0.05, 0.1) is 5.41 Å². The van der Waals surface area contributed by atoms with Crippen LogP contribution < -0.4 is 5.32 Å². The Bertz CT molecular complexity index is 961. The minimum absolute atomic E-state index is 0.0590. The fraction of sp³-hybridized carbons (Fsp3) is 0.462. The molecule has 2 aromatic rings. The van der Waals surface area contributed by atoms with Crippen LogP contribution in [-0.2, 0) is 21.4 Å². The van der Waals surface area contributed by atoms with Crippen molar-refractivity contribution in [3.8, 4) is 0 Å². The number of nitrogens with zero attached hydrogens (tertiary/aromatic N) is 2. The fourth-order valence-corrected chi connectivity index (χ4v) is 4.65. The smallest absolute Gasteiger partial charge is 0.244 e. The Balaban J connectivity index is 1.72. The number of amides is 2. The molecule has 0 aromatic heterocycles. The molecule has 1 saturated carbocycles. The van der Waals surface area contributed by atoms with Crippen molar-refractivity contribution in [1.29, 1.82) is 0 Å². The van der Waals surface area contributed by atoms with Crippen molar-refractivity contribution in [2.24, 2.45) is 0 Å². The highest BCUT2D eigenvalue weighted by Gasteiger charge is 2.53. The molecule has 0 aliphatic heterocycles. The summed E-state index contributed by atoms with van der Waals surface area (Å²) in [5, 5.41) is 4.11. The molecule has 0 saturated heterocycles. The predicted octanol–water partition coefficient (Wildman–Crippen LogP) is 4.55. The Labute approximate surface area is 207 Å². The van der Waals surface area contributed by atoms with Crippen molar-refractivity contribution in [2.45, 2.75) is 43.6 Å². The number of aryl methyl sites for hydroxylation is 1. The molecule has 1 aliphatic rings. The molecular weight excluding hydrogens is 457 g/mol. The Morgan fingerprint density at radius 1 is 1.03 bits per heavy atom. The van der Waals surface area contributed by atoms with Crippen LogP contribution in [-0.4, -0.2) is 61.9 Å². The van der Waals surface area contributed by atoms with Crippen LogP contribution in [0.25, 0.3) is 0 Å². The summed E-state index contributed by atoms with van der Waals surface area (Å²) in [6.45, 7) is 1.36. The minimum atomic E-state index is -0.679. The lowest BCUT2D eigenvalue weighted by atomic mass is 9.94. The van der Waals surface area contributed by atoms with Gasteiger partial charge in [-0.2, -0.15) is 0 Å². The first-order chi connectivity index (χ1) is 15.7. The SMILES string of the molecule is CN(C)CCN(C)C(=O)C(CCCc1ccccc1)NC(=O)C1(c2ccc(Cl)cc2Cl)CC1. The Morgan fingerprint density at radius 2 is 1.73 bits per heavy atom. The lowest BCUT2D eigenvalue weighted by Crippen LogP contribution is -2.51. The zero-order chi connectivity index (χ0) is 24.0. The van der Waals surface area contributed by atoms with Gasteiger partial charge in [-0.3, -0.25) is 9.59 Å². The van der Waals surface area contributed by atoms with E-state index in [4.69, 9.17) is 23.2 Å². The molecule has 0 radical (unpaired) electrons. The largest absolute Gasteiger partial charge is 0.344 e. The summed E-state index contributed by atoms with van der Waals surface area (Å²) >= 11 is 12.5. The van der Waals surface area contributed by atoms with Crippen LogP contribution in [0.3, 0.4) is 0 Å². The molecule has 0 spiro atoms. The van der Waals surface area contributed by atoms with Gasteiger partial charge >= 0.3 is 0 Å². The van der Waals surface area contributed by atoms with Gasteiger partial charge in [-0.1, -0.05) is 59.6 Å².